The van der Waals surface area contributed by atoms with Crippen LogP contribution in [0.15, 0.2) is 29.8 Å². The van der Waals surface area contributed by atoms with Crippen molar-refractivity contribution in [2.75, 3.05) is 11.3 Å². The van der Waals surface area contributed by atoms with Gasteiger partial charge in [0.2, 0.25) is 10.0 Å². The summed E-state index contributed by atoms with van der Waals surface area (Å²) in [4.78, 5) is 12.2. The molecule has 1 aliphatic rings. The molecule has 0 radical (unpaired) electrons. The maximum absolute atomic E-state index is 13.7. The quantitative estimate of drug-likeness (QED) is 0.811. The lowest BCUT2D eigenvalue weighted by molar-refractivity contribution is -0.138. The van der Waals surface area contributed by atoms with Gasteiger partial charge in [-0.3, -0.25) is 4.72 Å². The zero-order valence-corrected chi connectivity index (χ0v) is 13.6. The number of esters is 1. The van der Waals surface area contributed by atoms with Gasteiger partial charge in [-0.1, -0.05) is 17.7 Å². The van der Waals surface area contributed by atoms with Gasteiger partial charge in [0.05, 0.1) is 28.4 Å². The third-order valence-corrected chi connectivity index (χ3v) is 4.83. The van der Waals surface area contributed by atoms with Crippen LogP contribution in [0.5, 0.6) is 0 Å². The lowest BCUT2D eigenvalue weighted by atomic mass is 9.99. The highest BCUT2D eigenvalue weighted by atomic mass is 35.5. The van der Waals surface area contributed by atoms with Gasteiger partial charge in [-0.05, 0) is 44.3 Å². The third-order valence-electron chi connectivity index (χ3n) is 2.91. The Balaban J connectivity index is 2.59. The molecule has 0 amide bonds. The van der Waals surface area contributed by atoms with Gasteiger partial charge < -0.3 is 4.74 Å². The van der Waals surface area contributed by atoms with E-state index in [1.165, 1.54) is 6.92 Å². The number of anilines is 1. The fraction of sp³-hybridized carbons (Fsp3) is 0.400. The molecule has 8 heteroatoms. The van der Waals surface area contributed by atoms with Crippen LogP contribution in [-0.2, 0) is 19.6 Å². The summed E-state index contributed by atoms with van der Waals surface area (Å²) in [5.74, 6) is -2.50. The van der Waals surface area contributed by atoms with E-state index in [0.717, 1.165) is 0 Å². The number of benzene rings is 1. The van der Waals surface area contributed by atoms with Crippen molar-refractivity contribution in [2.24, 2.45) is 0 Å². The summed E-state index contributed by atoms with van der Waals surface area (Å²) in [5.41, 5.74) is -1.31. The molecule has 0 saturated heterocycles. The maximum Gasteiger partial charge on any atom is 0.335 e. The largest absolute Gasteiger partial charge is 0.463 e. The molecule has 0 aliphatic heterocycles. The molecule has 2 rings (SSSR count). The Hall–Kier alpha value is -1.60. The third kappa shape index (κ3) is 4.23. The summed E-state index contributed by atoms with van der Waals surface area (Å²) in [7, 11) is -4.71. The fourth-order valence-electron chi connectivity index (χ4n) is 1.90. The molecule has 5 nitrogen and oxygen atoms in total. The minimum Gasteiger partial charge on any atom is -0.463 e. The van der Waals surface area contributed by atoms with E-state index in [2.05, 4.69) is 0 Å². The molecule has 1 aromatic rings. The zero-order chi connectivity index (χ0) is 22.3. The number of ether oxygens (including phenoxy) is 1. The highest BCUT2D eigenvalue weighted by molar-refractivity contribution is 7.93. The number of hydrogen-bond donors (Lipinski definition) is 1. The average Bonchev–Trinajstić information content (AvgIpc) is 2.60. The molecule has 0 aromatic heterocycles. The van der Waals surface area contributed by atoms with Crippen molar-refractivity contribution >= 4 is 33.3 Å². The molecule has 0 saturated carbocycles. The van der Waals surface area contributed by atoms with E-state index in [9.17, 15) is 17.6 Å². The van der Waals surface area contributed by atoms with Crippen molar-refractivity contribution < 1.29 is 30.6 Å². The topological polar surface area (TPSA) is 72.5 Å². The monoisotopic (exact) mass is 367 g/mol. The van der Waals surface area contributed by atoms with E-state index in [4.69, 9.17) is 24.6 Å². The molecule has 1 aromatic carbocycles. The van der Waals surface area contributed by atoms with Crippen molar-refractivity contribution in [2.45, 2.75) is 31.4 Å². The molecule has 0 bridgehead atoms. The number of halogens is 2. The van der Waals surface area contributed by atoms with E-state index in [0.29, 0.717) is 0 Å². The SMILES string of the molecule is [2H]C1=C(C(=O)OCC)C(S(=O)(=O)Nc2c([2H])c([2H])c(F)c([2H])c2Cl)CC([2H])([2H])C1. The molecular weight excluding hydrogens is 345 g/mol. The second kappa shape index (κ2) is 7.31. The predicted molar refractivity (Wildman–Crippen MR) is 86.3 cm³/mol. The molecular formula is C15H17ClFNO4S. The first-order valence-electron chi connectivity index (χ1n) is 9.56. The van der Waals surface area contributed by atoms with E-state index in [-0.39, 0.29) is 6.61 Å². The Morgan fingerprint density at radius 2 is 2.35 bits per heavy atom. The molecule has 0 heterocycles. The van der Waals surface area contributed by atoms with Gasteiger partial charge in [0, 0.05) is 2.74 Å². The lowest BCUT2D eigenvalue weighted by Gasteiger charge is -2.24. The first-order chi connectivity index (χ1) is 13.2. The highest BCUT2D eigenvalue weighted by Gasteiger charge is 2.35. The van der Waals surface area contributed by atoms with Gasteiger partial charge in [-0.2, -0.15) is 0 Å². The van der Waals surface area contributed by atoms with Crippen LogP contribution in [0.1, 0.15) is 34.4 Å². The summed E-state index contributed by atoms with van der Waals surface area (Å²) < 4.78 is 92.7. The number of carbonyl (C=O) groups is 1. The normalized spacial score (nSPS) is 24.6. The standard InChI is InChI=1S/C15H17ClFNO4S/c1-2-22-15(19)11-5-3-4-6-14(11)23(20,21)18-13-8-7-10(17)9-12(13)16/h5,7-9,14,18H,2-4,6H2,1H3/i4D2,5D,7D,8D,9D. The second-order valence-corrected chi connectivity index (χ2v) is 6.70. The van der Waals surface area contributed by atoms with Crippen LogP contribution < -0.4 is 4.72 Å². The number of allylic oxidation sites excluding steroid dienone is 1. The predicted octanol–water partition coefficient (Wildman–Crippen LogP) is 3.26. The van der Waals surface area contributed by atoms with Gasteiger partial charge in [0.1, 0.15) is 11.1 Å². The van der Waals surface area contributed by atoms with Gasteiger partial charge in [0.25, 0.3) is 0 Å². The summed E-state index contributed by atoms with van der Waals surface area (Å²) in [5, 5.41) is -2.62. The van der Waals surface area contributed by atoms with Crippen LogP contribution in [-0.4, -0.2) is 26.2 Å². The minimum atomic E-state index is -4.71. The smallest absolute Gasteiger partial charge is 0.335 e. The van der Waals surface area contributed by atoms with Gasteiger partial charge in [0.15, 0.2) is 0 Å². The lowest BCUT2D eigenvalue weighted by Crippen LogP contribution is -2.34. The number of carbonyl (C=O) groups excluding carboxylic acids is 1. The maximum atomic E-state index is 13.7. The van der Waals surface area contributed by atoms with E-state index >= 15 is 0 Å². The van der Waals surface area contributed by atoms with Crippen molar-refractivity contribution in [3.8, 4) is 0 Å². The van der Waals surface area contributed by atoms with E-state index in [1.807, 2.05) is 4.72 Å². The fourth-order valence-corrected chi connectivity index (χ4v) is 3.54. The van der Waals surface area contributed by atoms with Crippen LogP contribution in [0.3, 0.4) is 0 Å². The van der Waals surface area contributed by atoms with Crippen molar-refractivity contribution in [1.29, 1.82) is 0 Å². The molecule has 1 aliphatic carbocycles. The number of nitrogens with one attached hydrogen (secondary N) is 1. The van der Waals surface area contributed by atoms with Crippen LogP contribution in [0, 0.1) is 5.82 Å². The first-order valence-corrected chi connectivity index (χ1v) is 8.49. The first kappa shape index (κ1) is 11.0. The Morgan fingerprint density at radius 3 is 3.04 bits per heavy atom. The Morgan fingerprint density at radius 1 is 1.61 bits per heavy atom. The summed E-state index contributed by atoms with van der Waals surface area (Å²) in [6.45, 7) is 1.37. The van der Waals surface area contributed by atoms with Gasteiger partial charge in [-0.15, -0.1) is 0 Å². The van der Waals surface area contributed by atoms with Crippen molar-refractivity contribution in [3.63, 3.8) is 0 Å². The molecule has 0 spiro atoms. The molecule has 126 valence electrons. The van der Waals surface area contributed by atoms with Crippen LogP contribution in [0.25, 0.3) is 0 Å². The van der Waals surface area contributed by atoms with Gasteiger partial charge >= 0.3 is 5.97 Å². The van der Waals surface area contributed by atoms with Crippen molar-refractivity contribution in [1.82, 2.24) is 0 Å². The number of hydrogen-bond acceptors (Lipinski definition) is 4. The Bertz CT molecular complexity index is 972. The van der Waals surface area contributed by atoms with E-state index in [1.54, 1.807) is 0 Å². The molecule has 1 N–H and O–H groups in total. The second-order valence-electron chi connectivity index (χ2n) is 4.46. The van der Waals surface area contributed by atoms with Crippen LogP contribution >= 0.6 is 11.6 Å². The molecule has 1 atom stereocenters. The number of sulfonamides is 1. The van der Waals surface area contributed by atoms with Gasteiger partial charge in [-0.25, -0.2) is 17.6 Å². The summed E-state index contributed by atoms with van der Waals surface area (Å²) >= 11 is 5.78. The van der Waals surface area contributed by atoms with Crippen LogP contribution in [0.2, 0.25) is 5.02 Å². The Labute approximate surface area is 148 Å². The highest BCUT2D eigenvalue weighted by Crippen LogP contribution is 2.30. The minimum absolute atomic E-state index is 0.103. The Kier molecular flexibility index (Phi) is 3.51. The average molecular weight is 368 g/mol. The molecule has 23 heavy (non-hydrogen) atoms. The molecule has 1 unspecified atom stereocenters. The molecule has 0 fully saturated rings. The van der Waals surface area contributed by atoms with Crippen LogP contribution in [0.4, 0.5) is 10.1 Å². The van der Waals surface area contributed by atoms with E-state index < -0.39 is 86.7 Å². The van der Waals surface area contributed by atoms with Crippen molar-refractivity contribution in [3.05, 3.63) is 40.6 Å². The number of rotatable bonds is 5. The zero-order valence-electron chi connectivity index (χ0n) is 18.0. The summed E-state index contributed by atoms with van der Waals surface area (Å²) in [6.07, 6.45) is -3.31. The summed E-state index contributed by atoms with van der Waals surface area (Å²) in [6, 6.07) is -3.53.